The molecule has 0 aromatic heterocycles. The Balaban J connectivity index is 1.51. The number of hydrogen-bond acceptors (Lipinski definition) is 10. The monoisotopic (exact) mass is 686 g/mol. The highest BCUT2D eigenvalue weighted by Gasteiger charge is 2.81. The van der Waals surface area contributed by atoms with Crippen LogP contribution in [-0.2, 0) is 48.3 Å². The van der Waals surface area contributed by atoms with Gasteiger partial charge in [0.1, 0.15) is 12.2 Å². The summed E-state index contributed by atoms with van der Waals surface area (Å²) in [4.78, 5) is 39.0. The molecule has 4 saturated carbocycles. The van der Waals surface area contributed by atoms with Crippen LogP contribution in [0.15, 0.2) is 24.3 Å². The van der Waals surface area contributed by atoms with Gasteiger partial charge in [-0.1, -0.05) is 47.3 Å². The number of rotatable bonds is 11. The van der Waals surface area contributed by atoms with Crippen LogP contribution < -0.4 is 0 Å². The van der Waals surface area contributed by atoms with Crippen molar-refractivity contribution in [3.05, 3.63) is 24.3 Å². The third kappa shape index (κ3) is 5.44. The number of allylic oxidation sites excluding steroid dienone is 2. The number of esters is 1. The highest BCUT2D eigenvalue weighted by Crippen LogP contribution is 2.87. The smallest absolute Gasteiger partial charge is 0.398 e. The minimum atomic E-state index is -5.16. The van der Waals surface area contributed by atoms with Crippen LogP contribution in [0.2, 0.25) is 0 Å². The van der Waals surface area contributed by atoms with Gasteiger partial charge in [-0.15, -0.1) is 0 Å². The molecule has 0 heterocycles. The van der Waals surface area contributed by atoms with E-state index in [2.05, 4.69) is 30.7 Å². The van der Waals surface area contributed by atoms with Gasteiger partial charge in [-0.3, -0.25) is 23.5 Å². The lowest BCUT2D eigenvalue weighted by Crippen LogP contribution is -2.56. The van der Waals surface area contributed by atoms with Gasteiger partial charge in [-0.2, -0.15) is 16.8 Å². The van der Waals surface area contributed by atoms with Gasteiger partial charge < -0.3 is 4.74 Å². The van der Waals surface area contributed by atoms with Crippen LogP contribution in [0.4, 0.5) is 0 Å². The van der Waals surface area contributed by atoms with E-state index in [1.807, 2.05) is 6.92 Å². The lowest BCUT2D eigenvalue weighted by molar-refractivity contribution is -0.154. The van der Waals surface area contributed by atoms with Gasteiger partial charge in [0.15, 0.2) is 11.6 Å². The summed E-state index contributed by atoms with van der Waals surface area (Å²) in [5, 5.41) is 0. The first kappa shape index (κ1) is 35.3. The van der Waals surface area contributed by atoms with E-state index in [9.17, 15) is 35.8 Å². The molecular weight excluding hydrogens is 640 g/mol. The number of carbonyl (C=O) groups excluding carboxylic acids is 3. The quantitative estimate of drug-likeness (QED) is 0.178. The second-order valence-electron chi connectivity index (χ2n) is 15.2. The van der Waals surface area contributed by atoms with Crippen molar-refractivity contribution in [3.63, 3.8) is 0 Å². The molecule has 0 radical (unpaired) electrons. The number of hydrogen-bond donors (Lipinski definition) is 2. The van der Waals surface area contributed by atoms with Crippen LogP contribution in [0.5, 0.6) is 0 Å². The maximum absolute atomic E-state index is 13.8. The summed E-state index contributed by atoms with van der Waals surface area (Å²) in [5.41, 5.74) is -1.24. The average molecular weight is 687 g/mol. The van der Waals surface area contributed by atoms with Gasteiger partial charge in [-0.05, 0) is 89.6 Å². The van der Waals surface area contributed by atoms with E-state index in [0.29, 0.717) is 12.8 Å². The molecule has 0 bridgehead atoms. The van der Waals surface area contributed by atoms with E-state index in [1.54, 1.807) is 13.0 Å². The Morgan fingerprint density at radius 2 is 1.72 bits per heavy atom. The van der Waals surface area contributed by atoms with Crippen molar-refractivity contribution in [1.29, 1.82) is 0 Å². The Morgan fingerprint density at radius 3 is 2.30 bits per heavy atom. The second-order valence-corrected chi connectivity index (χ2v) is 17.3. The summed E-state index contributed by atoms with van der Waals surface area (Å²) in [6, 6.07) is 0. The van der Waals surface area contributed by atoms with E-state index in [4.69, 9.17) is 13.5 Å². The van der Waals surface area contributed by atoms with Gasteiger partial charge in [0.2, 0.25) is 0 Å². The molecule has 0 saturated heterocycles. The van der Waals surface area contributed by atoms with Crippen molar-refractivity contribution in [2.24, 2.45) is 57.2 Å². The summed E-state index contributed by atoms with van der Waals surface area (Å²) >= 11 is 0. The zero-order chi connectivity index (χ0) is 34.4. The molecule has 12 atom stereocenters. The molecule has 2 N–H and O–H groups in total. The van der Waals surface area contributed by atoms with Crippen molar-refractivity contribution in [2.45, 2.75) is 92.3 Å². The molecule has 2 spiro atoms. The Bertz CT molecular complexity index is 1580. The van der Waals surface area contributed by atoms with Gasteiger partial charge in [0.25, 0.3) is 0 Å². The molecule has 0 amide bonds. The number of fused-ring (bicyclic) bond motifs is 2. The third-order valence-corrected chi connectivity index (χ3v) is 14.1. The normalized spacial score (nSPS) is 41.7. The van der Waals surface area contributed by atoms with E-state index < -0.39 is 79.9 Å². The molecule has 5 aliphatic carbocycles. The molecule has 258 valence electrons. The molecule has 5 rings (SSSR count). The maximum Gasteiger partial charge on any atom is 0.398 e. The van der Waals surface area contributed by atoms with Crippen LogP contribution in [0.1, 0.15) is 80.1 Å². The summed E-state index contributed by atoms with van der Waals surface area (Å²) in [6.45, 7) is 13.8. The van der Waals surface area contributed by atoms with E-state index in [0.717, 1.165) is 25.7 Å². The molecule has 12 nitrogen and oxygen atoms in total. The Kier molecular flexibility index (Phi) is 8.68. The van der Waals surface area contributed by atoms with Gasteiger partial charge in [0.05, 0.1) is 6.61 Å². The minimum Gasteiger partial charge on any atom is -0.462 e. The van der Waals surface area contributed by atoms with Gasteiger partial charge in [0, 0.05) is 24.7 Å². The molecule has 0 unspecified atom stereocenters. The van der Waals surface area contributed by atoms with E-state index >= 15 is 0 Å². The summed E-state index contributed by atoms with van der Waals surface area (Å²) in [7, 11) is -9.98. The predicted molar refractivity (Wildman–Crippen MR) is 165 cm³/mol. The Morgan fingerprint density at radius 1 is 1.07 bits per heavy atom. The standard InChI is InChI=1S/C32H46O12S2/c1-17(15-42-45(36,37)38)18(2)27(35)28(44-46(39,40)41)20(4)26-24(43-21(5)33)14-30(7)25-9-8-22-19(3)23(34)10-11-31(22)16-32(25,31)13-12-29(26,30)6/h10-11,17,19-20,22,24-26,28H,2,8-9,12-16H2,1,3-7H3,(H,36,37,38)(H,39,40,41)/t17-,19-,20-,22-,24-,25-,26-,28+,29+,30-,31+,32-/m0/s1. The average Bonchev–Trinajstić information content (AvgIpc) is 3.54. The van der Waals surface area contributed by atoms with Crippen molar-refractivity contribution < 1.29 is 53.4 Å². The summed E-state index contributed by atoms with van der Waals surface area (Å²) < 4.78 is 80.6. The number of ether oxygens (including phenoxy) is 1. The van der Waals surface area contributed by atoms with Gasteiger partial charge >= 0.3 is 26.8 Å². The summed E-state index contributed by atoms with van der Waals surface area (Å²) in [6.07, 6.45) is 6.26. The minimum absolute atomic E-state index is 0.00847. The largest absolute Gasteiger partial charge is 0.462 e. The van der Waals surface area contributed by atoms with Crippen LogP contribution >= 0.6 is 0 Å². The Labute approximate surface area is 271 Å². The molecule has 5 aliphatic rings. The fourth-order valence-corrected chi connectivity index (χ4v) is 12.0. The highest BCUT2D eigenvalue weighted by atomic mass is 32.3. The van der Waals surface area contributed by atoms with Crippen LogP contribution in [0.3, 0.4) is 0 Å². The fourth-order valence-electron chi connectivity index (χ4n) is 11.0. The molecular formula is C32H46O12S2. The van der Waals surface area contributed by atoms with Crippen molar-refractivity contribution in [3.8, 4) is 0 Å². The number of Topliss-reactive ketones (excluding diaryl/α,β-unsaturated/α-hetero) is 1. The number of ketones is 2. The van der Waals surface area contributed by atoms with Gasteiger partial charge in [-0.25, -0.2) is 8.37 Å². The zero-order valence-corrected chi connectivity index (χ0v) is 28.9. The molecule has 0 aliphatic heterocycles. The van der Waals surface area contributed by atoms with E-state index in [1.165, 1.54) is 13.8 Å². The molecule has 46 heavy (non-hydrogen) atoms. The lowest BCUT2D eigenvalue weighted by atomic mass is 9.43. The SMILES string of the molecule is C=C(C(=O)[C@H](OS(=O)(=O)O)[C@@H](C)[C@H]1[C@@H](OC(C)=O)C[C@@]2(C)[C@@H]3CC[C@H]4[C@H](C)C(=O)C=C[C@@]45C[C@@]35CC[C@]12C)[C@@H](C)COS(=O)(=O)O. The second kappa shape index (κ2) is 11.3. The van der Waals surface area contributed by atoms with E-state index in [-0.39, 0.29) is 39.9 Å². The first-order chi connectivity index (χ1) is 21.0. The van der Waals surface area contributed by atoms with Crippen LogP contribution in [0, 0.1) is 57.2 Å². The zero-order valence-electron chi connectivity index (χ0n) is 27.2. The number of carbonyl (C=O) groups is 3. The van der Waals surface area contributed by atoms with Crippen molar-refractivity contribution in [1.82, 2.24) is 0 Å². The lowest BCUT2D eigenvalue weighted by Gasteiger charge is -2.61. The fraction of sp³-hybridized carbons (Fsp3) is 0.781. The van der Waals surface area contributed by atoms with Crippen molar-refractivity contribution >= 4 is 38.3 Å². The summed E-state index contributed by atoms with van der Waals surface area (Å²) in [5.74, 6) is -3.24. The van der Waals surface area contributed by atoms with Crippen molar-refractivity contribution in [2.75, 3.05) is 6.61 Å². The Hall–Kier alpha value is -1.97. The highest BCUT2D eigenvalue weighted by molar-refractivity contribution is 7.81. The predicted octanol–water partition coefficient (Wildman–Crippen LogP) is 4.33. The molecule has 4 fully saturated rings. The topological polar surface area (TPSA) is 188 Å². The van der Waals surface area contributed by atoms with Crippen LogP contribution in [0.25, 0.3) is 0 Å². The first-order valence-corrected chi connectivity index (χ1v) is 18.7. The van der Waals surface area contributed by atoms with Crippen LogP contribution in [-0.4, -0.2) is 62.3 Å². The molecule has 0 aromatic carbocycles. The molecule has 0 aromatic rings. The first-order valence-electron chi connectivity index (χ1n) is 15.9. The maximum atomic E-state index is 13.8. The third-order valence-electron chi connectivity index (χ3n) is 13.3. The molecule has 14 heteroatoms.